The van der Waals surface area contributed by atoms with Crippen molar-refractivity contribution < 1.29 is 4.74 Å². The van der Waals surface area contributed by atoms with Crippen LogP contribution in [-0.4, -0.2) is 39.7 Å². The number of thioether (sulfide) groups is 1. The normalized spacial score (nSPS) is 32.4. The second-order valence-corrected chi connectivity index (χ2v) is 6.67. The molecule has 0 spiro atoms. The van der Waals surface area contributed by atoms with Crippen molar-refractivity contribution in [1.82, 2.24) is 14.9 Å². The summed E-state index contributed by atoms with van der Waals surface area (Å²) < 4.78 is 8.09. The molecule has 106 valence electrons. The number of hydrogen-bond donors (Lipinski definition) is 1. The molecule has 5 heteroatoms. The van der Waals surface area contributed by atoms with Crippen LogP contribution in [0.15, 0.2) is 12.4 Å². The van der Waals surface area contributed by atoms with Crippen molar-refractivity contribution in [3.63, 3.8) is 0 Å². The van der Waals surface area contributed by atoms with Gasteiger partial charge >= 0.3 is 0 Å². The predicted octanol–water partition coefficient (Wildman–Crippen LogP) is 2.13. The largest absolute Gasteiger partial charge is 0.369 e. The van der Waals surface area contributed by atoms with E-state index in [9.17, 15) is 0 Å². The highest BCUT2D eigenvalue weighted by atomic mass is 32.2. The number of nitrogens with one attached hydrogen (secondary N) is 1. The first-order valence-corrected chi connectivity index (χ1v) is 8.42. The van der Waals surface area contributed by atoms with Crippen molar-refractivity contribution in [3.05, 3.63) is 18.2 Å². The highest BCUT2D eigenvalue weighted by molar-refractivity contribution is 7.99. The van der Waals surface area contributed by atoms with Crippen LogP contribution in [0.4, 0.5) is 0 Å². The van der Waals surface area contributed by atoms with E-state index in [1.807, 2.05) is 19.4 Å². The van der Waals surface area contributed by atoms with E-state index < -0.39 is 0 Å². The molecule has 1 N–H and O–H groups in total. The van der Waals surface area contributed by atoms with Crippen molar-refractivity contribution in [2.45, 2.75) is 43.9 Å². The Balaban J connectivity index is 1.68. The Hall–Kier alpha value is -0.520. The molecule has 2 aliphatic heterocycles. The van der Waals surface area contributed by atoms with Gasteiger partial charge in [-0.25, -0.2) is 4.98 Å². The Morgan fingerprint density at radius 1 is 1.42 bits per heavy atom. The Morgan fingerprint density at radius 3 is 3.11 bits per heavy atom. The molecule has 2 saturated heterocycles. The minimum absolute atomic E-state index is 0.112. The summed E-state index contributed by atoms with van der Waals surface area (Å²) in [4.78, 5) is 4.48. The van der Waals surface area contributed by atoms with Crippen LogP contribution in [0.1, 0.15) is 37.6 Å². The molecule has 3 atom stereocenters. The Morgan fingerprint density at radius 2 is 2.37 bits per heavy atom. The van der Waals surface area contributed by atoms with Gasteiger partial charge in [0.2, 0.25) is 0 Å². The molecule has 1 aromatic rings. The van der Waals surface area contributed by atoms with Gasteiger partial charge in [-0.1, -0.05) is 0 Å². The van der Waals surface area contributed by atoms with Gasteiger partial charge in [-0.05, 0) is 31.4 Å². The lowest BCUT2D eigenvalue weighted by atomic mass is 10.00. The van der Waals surface area contributed by atoms with E-state index in [1.54, 1.807) is 0 Å². The van der Waals surface area contributed by atoms with Crippen LogP contribution in [0, 0.1) is 0 Å². The van der Waals surface area contributed by atoms with Crippen LogP contribution in [-0.2, 0) is 11.8 Å². The third-order valence-electron chi connectivity index (χ3n) is 4.05. The number of imidazole rings is 1. The van der Waals surface area contributed by atoms with Gasteiger partial charge in [0.25, 0.3) is 0 Å². The maximum Gasteiger partial charge on any atom is 0.139 e. The summed E-state index contributed by atoms with van der Waals surface area (Å²) in [6, 6.07) is 1.06. The summed E-state index contributed by atoms with van der Waals surface area (Å²) in [5.74, 6) is 3.62. The number of ether oxygens (including phenoxy) is 1. The van der Waals surface area contributed by atoms with Gasteiger partial charge in [0.15, 0.2) is 0 Å². The maximum atomic E-state index is 6.00. The molecule has 2 fully saturated rings. The predicted molar refractivity (Wildman–Crippen MR) is 78.4 cm³/mol. The van der Waals surface area contributed by atoms with Crippen molar-refractivity contribution >= 4 is 11.8 Å². The molecular formula is C14H23N3OS. The molecule has 0 saturated carbocycles. The first-order chi connectivity index (χ1) is 9.34. The van der Waals surface area contributed by atoms with E-state index in [4.69, 9.17) is 4.74 Å². The Bertz CT molecular complexity index is 403. The van der Waals surface area contributed by atoms with E-state index in [0.29, 0.717) is 12.1 Å². The molecule has 0 aromatic carbocycles. The molecule has 4 nitrogen and oxygen atoms in total. The quantitative estimate of drug-likeness (QED) is 0.921. The number of hydrogen-bond acceptors (Lipinski definition) is 4. The van der Waals surface area contributed by atoms with Crippen molar-refractivity contribution in [2.75, 3.05) is 18.1 Å². The topological polar surface area (TPSA) is 39.1 Å². The van der Waals surface area contributed by atoms with Crippen LogP contribution in [0.25, 0.3) is 0 Å². The van der Waals surface area contributed by atoms with Gasteiger partial charge in [-0.2, -0.15) is 11.8 Å². The maximum absolute atomic E-state index is 6.00. The van der Waals surface area contributed by atoms with Gasteiger partial charge in [0.1, 0.15) is 11.9 Å². The number of rotatable bonds is 3. The molecule has 0 amide bonds. The van der Waals surface area contributed by atoms with Gasteiger partial charge in [-0.3, -0.25) is 0 Å². The average Bonchev–Trinajstić information content (AvgIpc) is 2.87. The first kappa shape index (κ1) is 13.5. The SMILES string of the molecule is Cn1ccnc1[C@H]1OCCC[C@@H]1N[C@@H]1CCCSC1. The summed E-state index contributed by atoms with van der Waals surface area (Å²) in [5, 5.41) is 3.82. The summed E-state index contributed by atoms with van der Waals surface area (Å²) in [5.41, 5.74) is 0. The van der Waals surface area contributed by atoms with Crippen molar-refractivity contribution in [3.8, 4) is 0 Å². The summed E-state index contributed by atoms with van der Waals surface area (Å²) in [6.45, 7) is 0.856. The minimum atomic E-state index is 0.112. The minimum Gasteiger partial charge on any atom is -0.369 e. The van der Waals surface area contributed by atoms with Gasteiger partial charge in [0.05, 0.1) is 0 Å². The van der Waals surface area contributed by atoms with Gasteiger partial charge in [0, 0.05) is 43.9 Å². The molecule has 0 radical (unpaired) electrons. The van der Waals surface area contributed by atoms with Crippen LogP contribution in [0.2, 0.25) is 0 Å². The molecule has 0 unspecified atom stereocenters. The number of aryl methyl sites for hydroxylation is 1. The fraction of sp³-hybridized carbons (Fsp3) is 0.786. The third kappa shape index (κ3) is 3.15. The fourth-order valence-electron chi connectivity index (χ4n) is 3.03. The zero-order chi connectivity index (χ0) is 13.1. The zero-order valence-corrected chi connectivity index (χ0v) is 12.4. The second-order valence-electron chi connectivity index (χ2n) is 5.52. The van der Waals surface area contributed by atoms with Crippen LogP contribution < -0.4 is 5.32 Å². The molecule has 3 rings (SSSR count). The van der Waals surface area contributed by atoms with E-state index >= 15 is 0 Å². The van der Waals surface area contributed by atoms with Crippen molar-refractivity contribution in [2.24, 2.45) is 7.05 Å². The van der Waals surface area contributed by atoms with Crippen LogP contribution in [0.3, 0.4) is 0 Å². The molecule has 3 heterocycles. The van der Waals surface area contributed by atoms with Crippen molar-refractivity contribution in [1.29, 1.82) is 0 Å². The lowest BCUT2D eigenvalue weighted by Crippen LogP contribution is -2.47. The number of nitrogens with zero attached hydrogens (tertiary/aromatic N) is 2. The first-order valence-electron chi connectivity index (χ1n) is 7.27. The van der Waals surface area contributed by atoms with E-state index in [0.717, 1.165) is 18.9 Å². The third-order valence-corrected chi connectivity index (χ3v) is 5.26. The molecule has 0 aliphatic carbocycles. The van der Waals surface area contributed by atoms with Gasteiger partial charge < -0.3 is 14.6 Å². The molecule has 1 aromatic heterocycles. The monoisotopic (exact) mass is 281 g/mol. The lowest BCUT2D eigenvalue weighted by molar-refractivity contribution is -0.0200. The summed E-state index contributed by atoms with van der Waals surface area (Å²) in [6.07, 6.45) is 8.96. The highest BCUT2D eigenvalue weighted by Crippen LogP contribution is 2.28. The standard InChI is InChI=1S/C14H23N3OS/c1-17-7-6-15-14(17)13-12(5-2-8-18-13)16-11-4-3-9-19-10-11/h6-7,11-13,16H,2-5,8-10H2,1H3/t11-,12+,13+/m1/s1. The molecule has 2 aliphatic rings. The summed E-state index contributed by atoms with van der Waals surface area (Å²) in [7, 11) is 2.05. The fourth-order valence-corrected chi connectivity index (χ4v) is 4.12. The molecule has 19 heavy (non-hydrogen) atoms. The van der Waals surface area contributed by atoms with E-state index in [-0.39, 0.29) is 6.10 Å². The van der Waals surface area contributed by atoms with Gasteiger partial charge in [-0.15, -0.1) is 0 Å². The van der Waals surface area contributed by atoms with E-state index in [1.165, 1.54) is 30.8 Å². The zero-order valence-electron chi connectivity index (χ0n) is 11.5. The second kappa shape index (κ2) is 6.29. The van der Waals surface area contributed by atoms with E-state index in [2.05, 4.69) is 26.6 Å². The molecular weight excluding hydrogens is 258 g/mol. The molecule has 0 bridgehead atoms. The van der Waals surface area contributed by atoms with Crippen LogP contribution in [0.5, 0.6) is 0 Å². The Kier molecular flexibility index (Phi) is 4.45. The lowest BCUT2D eigenvalue weighted by Gasteiger charge is -2.35. The number of aromatic nitrogens is 2. The highest BCUT2D eigenvalue weighted by Gasteiger charge is 2.32. The summed E-state index contributed by atoms with van der Waals surface area (Å²) >= 11 is 2.07. The van der Waals surface area contributed by atoms with Crippen LogP contribution >= 0.6 is 11.8 Å². The Labute approximate surface area is 119 Å². The average molecular weight is 281 g/mol. The smallest absolute Gasteiger partial charge is 0.139 e.